The van der Waals surface area contributed by atoms with Crippen molar-refractivity contribution in [2.24, 2.45) is 5.73 Å². The number of carbonyl (C=O) groups is 3. The van der Waals surface area contributed by atoms with E-state index in [9.17, 15) is 19.5 Å². The molecule has 0 spiro atoms. The number of nitrogens with two attached hydrogens (primary N) is 1. The molecule has 3 N–H and O–H groups in total. The van der Waals surface area contributed by atoms with Crippen LogP contribution < -0.4 is 5.73 Å². The Morgan fingerprint density at radius 2 is 1.96 bits per heavy atom. The second-order valence-electron chi connectivity index (χ2n) is 6.03. The van der Waals surface area contributed by atoms with Gasteiger partial charge in [0.1, 0.15) is 23.2 Å². The second kappa shape index (κ2) is 7.63. The van der Waals surface area contributed by atoms with Gasteiger partial charge in [-0.15, -0.1) is 11.8 Å². The molecule has 1 amide bonds. The standard InChI is InChI=1S/C15H22N2O7S/c1-6(2)23-15(21)24-7(3)11-8(5-22-4)10(14(19)20)17-12(18)9(16)13(17)25-11/h6-7,9,11,13H,5,16H2,1-4H3,(H,19,20)/t7?,9-,11?,13-/m1/s1. The molecule has 4 atom stereocenters. The van der Waals surface area contributed by atoms with E-state index in [0.29, 0.717) is 5.57 Å². The second-order valence-corrected chi connectivity index (χ2v) is 7.30. The van der Waals surface area contributed by atoms with Crippen LogP contribution in [0.1, 0.15) is 20.8 Å². The SMILES string of the molecule is COCC1=C(C(=O)O)N2C(=O)[C@@H](N)[C@H]2SC1C(C)OC(=O)OC(C)C. The predicted octanol–water partition coefficient (Wildman–Crippen LogP) is 0.533. The van der Waals surface area contributed by atoms with Crippen molar-refractivity contribution in [1.29, 1.82) is 0 Å². The molecular weight excluding hydrogens is 352 g/mol. The quantitative estimate of drug-likeness (QED) is 0.505. The third-order valence-electron chi connectivity index (χ3n) is 3.80. The van der Waals surface area contributed by atoms with Gasteiger partial charge in [-0.3, -0.25) is 9.69 Å². The van der Waals surface area contributed by atoms with Crippen molar-refractivity contribution >= 4 is 29.8 Å². The number of carbonyl (C=O) groups excluding carboxylic acids is 2. The maximum absolute atomic E-state index is 12.0. The van der Waals surface area contributed by atoms with Gasteiger partial charge in [0.2, 0.25) is 5.91 Å². The molecule has 2 rings (SSSR count). The summed E-state index contributed by atoms with van der Waals surface area (Å²) in [5.74, 6) is -1.70. The third kappa shape index (κ3) is 3.75. The average molecular weight is 374 g/mol. The summed E-state index contributed by atoms with van der Waals surface area (Å²) in [5.41, 5.74) is 6.00. The Labute approximate surface area is 149 Å². The van der Waals surface area contributed by atoms with E-state index >= 15 is 0 Å². The van der Waals surface area contributed by atoms with E-state index in [1.807, 2.05) is 0 Å². The lowest BCUT2D eigenvalue weighted by Gasteiger charge is -2.50. The van der Waals surface area contributed by atoms with Gasteiger partial charge >= 0.3 is 12.1 Å². The number of methoxy groups -OCH3 is 1. The summed E-state index contributed by atoms with van der Waals surface area (Å²) in [5, 5.41) is 8.53. The molecule has 1 saturated heterocycles. The van der Waals surface area contributed by atoms with Crippen LogP contribution in [0, 0.1) is 0 Å². The van der Waals surface area contributed by atoms with E-state index in [4.69, 9.17) is 19.9 Å². The molecule has 0 aromatic heterocycles. The highest BCUT2D eigenvalue weighted by Crippen LogP contribution is 2.45. The number of hydrogen-bond donors (Lipinski definition) is 2. The lowest BCUT2D eigenvalue weighted by molar-refractivity contribution is -0.148. The summed E-state index contributed by atoms with van der Waals surface area (Å²) in [4.78, 5) is 36.6. The van der Waals surface area contributed by atoms with Gasteiger partial charge in [0, 0.05) is 12.7 Å². The fourth-order valence-electron chi connectivity index (χ4n) is 2.77. The number of ether oxygens (including phenoxy) is 3. The fourth-order valence-corrected chi connectivity index (χ4v) is 4.30. The lowest BCUT2D eigenvalue weighted by Crippen LogP contribution is -2.69. The number of rotatable bonds is 6. The molecule has 10 heteroatoms. The number of fused-ring (bicyclic) bond motifs is 1. The average Bonchev–Trinajstić information content (AvgIpc) is 2.52. The first-order valence-electron chi connectivity index (χ1n) is 7.75. The van der Waals surface area contributed by atoms with Crippen LogP contribution >= 0.6 is 11.8 Å². The molecule has 0 aromatic carbocycles. The molecule has 0 aromatic rings. The minimum Gasteiger partial charge on any atom is -0.477 e. The van der Waals surface area contributed by atoms with Gasteiger partial charge in [-0.25, -0.2) is 9.59 Å². The number of carboxylic acid groups (broad SMARTS) is 1. The summed E-state index contributed by atoms with van der Waals surface area (Å²) in [6.07, 6.45) is -1.87. The molecule has 0 radical (unpaired) electrons. The van der Waals surface area contributed by atoms with E-state index < -0.39 is 40.8 Å². The summed E-state index contributed by atoms with van der Waals surface area (Å²) < 4.78 is 15.3. The maximum Gasteiger partial charge on any atom is 0.508 e. The molecule has 2 aliphatic heterocycles. The van der Waals surface area contributed by atoms with Gasteiger partial charge < -0.3 is 25.1 Å². The molecular formula is C15H22N2O7S. The number of carboxylic acids is 1. The molecule has 25 heavy (non-hydrogen) atoms. The van der Waals surface area contributed by atoms with Gasteiger partial charge in [0.15, 0.2) is 0 Å². The zero-order chi connectivity index (χ0) is 18.9. The van der Waals surface area contributed by atoms with Crippen molar-refractivity contribution < 1.29 is 33.7 Å². The van der Waals surface area contributed by atoms with Crippen LogP contribution in [0.25, 0.3) is 0 Å². The topological polar surface area (TPSA) is 128 Å². The van der Waals surface area contributed by atoms with Gasteiger partial charge in [-0.2, -0.15) is 0 Å². The number of amides is 1. The highest BCUT2D eigenvalue weighted by Gasteiger charge is 2.55. The Morgan fingerprint density at radius 3 is 2.48 bits per heavy atom. The highest BCUT2D eigenvalue weighted by atomic mass is 32.2. The van der Waals surface area contributed by atoms with Gasteiger partial charge in [-0.05, 0) is 20.8 Å². The van der Waals surface area contributed by atoms with Crippen LogP contribution in [0.3, 0.4) is 0 Å². The summed E-state index contributed by atoms with van der Waals surface area (Å²) in [6.45, 7) is 5.00. The Hall–Kier alpha value is -1.78. The van der Waals surface area contributed by atoms with Gasteiger partial charge in [-0.1, -0.05) is 0 Å². The van der Waals surface area contributed by atoms with Gasteiger partial charge in [0.05, 0.1) is 18.0 Å². The van der Waals surface area contributed by atoms with Gasteiger partial charge in [0.25, 0.3) is 0 Å². The van der Waals surface area contributed by atoms with Crippen molar-refractivity contribution in [3.63, 3.8) is 0 Å². The molecule has 0 bridgehead atoms. The fraction of sp³-hybridized carbons (Fsp3) is 0.667. The number of hydrogen-bond acceptors (Lipinski definition) is 8. The zero-order valence-corrected chi connectivity index (χ0v) is 15.2. The number of nitrogens with zero attached hydrogens (tertiary/aromatic N) is 1. The first kappa shape index (κ1) is 19.5. The Morgan fingerprint density at radius 1 is 1.32 bits per heavy atom. The predicted molar refractivity (Wildman–Crippen MR) is 88.7 cm³/mol. The van der Waals surface area contributed by atoms with Crippen molar-refractivity contribution in [3.8, 4) is 0 Å². The van der Waals surface area contributed by atoms with Crippen molar-refractivity contribution in [3.05, 3.63) is 11.3 Å². The normalized spacial score (nSPS) is 26.9. The Balaban J connectivity index is 2.31. The van der Waals surface area contributed by atoms with Crippen molar-refractivity contribution in [2.45, 2.75) is 49.6 Å². The van der Waals surface area contributed by atoms with Crippen molar-refractivity contribution in [1.82, 2.24) is 4.90 Å². The number of aliphatic carboxylic acids is 1. The first-order chi connectivity index (χ1) is 11.7. The van der Waals surface area contributed by atoms with E-state index in [1.165, 1.54) is 23.8 Å². The van der Waals surface area contributed by atoms with E-state index in [0.717, 1.165) is 0 Å². The number of thioether (sulfide) groups is 1. The van der Waals surface area contributed by atoms with E-state index in [1.54, 1.807) is 20.8 Å². The summed E-state index contributed by atoms with van der Waals surface area (Å²) in [7, 11) is 1.42. The first-order valence-corrected chi connectivity index (χ1v) is 8.70. The van der Waals surface area contributed by atoms with E-state index in [2.05, 4.69) is 0 Å². The number of β-lactam (4-membered cyclic amide) rings is 1. The Kier molecular flexibility index (Phi) is 5.96. The van der Waals surface area contributed by atoms with Crippen LogP contribution in [-0.4, -0.2) is 70.6 Å². The molecule has 2 aliphatic rings. The molecule has 9 nitrogen and oxygen atoms in total. The zero-order valence-electron chi connectivity index (χ0n) is 14.4. The molecule has 2 heterocycles. The Bertz CT molecular complexity index is 607. The summed E-state index contributed by atoms with van der Waals surface area (Å²) in [6, 6.07) is -0.791. The van der Waals surface area contributed by atoms with E-state index in [-0.39, 0.29) is 18.4 Å². The van der Waals surface area contributed by atoms with Crippen LogP contribution in [0.2, 0.25) is 0 Å². The monoisotopic (exact) mass is 374 g/mol. The minimum atomic E-state index is -1.25. The minimum absolute atomic E-state index is 0.0159. The van der Waals surface area contributed by atoms with Crippen LogP contribution in [0.5, 0.6) is 0 Å². The van der Waals surface area contributed by atoms with Crippen LogP contribution in [0.4, 0.5) is 4.79 Å². The molecule has 140 valence electrons. The molecule has 1 fully saturated rings. The van der Waals surface area contributed by atoms with Crippen molar-refractivity contribution in [2.75, 3.05) is 13.7 Å². The van der Waals surface area contributed by atoms with Crippen LogP contribution in [0.15, 0.2) is 11.3 Å². The maximum atomic E-state index is 12.0. The summed E-state index contributed by atoms with van der Waals surface area (Å²) >= 11 is 1.28. The molecule has 0 saturated carbocycles. The lowest BCUT2D eigenvalue weighted by atomic mass is 9.99. The largest absolute Gasteiger partial charge is 0.508 e. The highest BCUT2D eigenvalue weighted by molar-refractivity contribution is 8.01. The van der Waals surface area contributed by atoms with Crippen LogP contribution in [-0.2, 0) is 23.8 Å². The third-order valence-corrected chi connectivity index (χ3v) is 5.55. The molecule has 0 aliphatic carbocycles. The molecule has 2 unspecified atom stereocenters. The smallest absolute Gasteiger partial charge is 0.477 e.